The summed E-state index contributed by atoms with van der Waals surface area (Å²) in [5.41, 5.74) is 0. The normalized spacial score (nSPS) is 13.8. The van der Waals surface area contributed by atoms with Gasteiger partial charge in [-0.15, -0.1) is 0 Å². The number of carbonyl (C=O) groups is 1. The summed E-state index contributed by atoms with van der Waals surface area (Å²) in [7, 11) is 1.58. The molecule has 0 amide bonds. The lowest BCUT2D eigenvalue weighted by Gasteiger charge is -2.18. The van der Waals surface area contributed by atoms with Gasteiger partial charge in [0.05, 0.1) is 19.8 Å². The van der Waals surface area contributed by atoms with Crippen LogP contribution in [-0.2, 0) is 9.53 Å². The third kappa shape index (κ3) is 5.32. The van der Waals surface area contributed by atoms with Gasteiger partial charge in [-0.25, -0.2) is 4.79 Å². The Balaban J connectivity index is 2.68. The Morgan fingerprint density at radius 2 is 1.90 bits per heavy atom. The highest BCUT2D eigenvalue weighted by Gasteiger charge is 2.14. The molecular weight excluding hydrogens is 260 g/mol. The number of methoxy groups -OCH3 is 1. The largest absolute Gasteiger partial charge is 0.497 e. The summed E-state index contributed by atoms with van der Waals surface area (Å²) in [6, 6.07) is 6.96. The van der Waals surface area contributed by atoms with Crippen molar-refractivity contribution in [3.63, 3.8) is 0 Å². The average molecular weight is 280 g/mol. The van der Waals surface area contributed by atoms with Gasteiger partial charge in [0.25, 0.3) is 0 Å². The third-order valence-corrected chi connectivity index (χ3v) is 2.52. The van der Waals surface area contributed by atoms with Crippen LogP contribution in [0.4, 0.5) is 0 Å². The molecule has 1 N–H and O–H groups in total. The van der Waals surface area contributed by atoms with E-state index in [1.807, 2.05) is 0 Å². The Labute approximate surface area is 118 Å². The summed E-state index contributed by atoms with van der Waals surface area (Å²) < 4.78 is 15.4. The van der Waals surface area contributed by atoms with Gasteiger partial charge in [0.2, 0.25) is 0 Å². The number of aliphatic hydroxyl groups is 1. The number of esters is 1. The summed E-state index contributed by atoms with van der Waals surface area (Å²) in [5, 5.41) is 9.66. The minimum atomic E-state index is -0.761. The van der Waals surface area contributed by atoms with Gasteiger partial charge in [-0.3, -0.25) is 0 Å². The monoisotopic (exact) mass is 280 g/mol. The van der Waals surface area contributed by atoms with Crippen LogP contribution in [0.3, 0.4) is 0 Å². The third-order valence-electron chi connectivity index (χ3n) is 2.52. The highest BCUT2D eigenvalue weighted by atomic mass is 16.5. The molecular formula is C15H20O5. The van der Waals surface area contributed by atoms with E-state index in [4.69, 9.17) is 14.2 Å². The molecule has 0 spiro atoms. The van der Waals surface area contributed by atoms with Crippen molar-refractivity contribution in [2.45, 2.75) is 26.1 Å². The standard InChI is InChI=1S/C15H20O5/c1-4-19-15(17)10-9-14(11(2)16)20-13-7-5-12(18-3)6-8-13/h5-11,14,16H,4H2,1-3H3/b10-9+/t11-,14-/m1/s1. The number of aliphatic hydroxyl groups excluding tert-OH is 1. The molecule has 0 aliphatic heterocycles. The van der Waals surface area contributed by atoms with Crippen LogP contribution in [0.15, 0.2) is 36.4 Å². The van der Waals surface area contributed by atoms with Gasteiger partial charge < -0.3 is 19.3 Å². The molecule has 5 heteroatoms. The molecule has 1 aromatic carbocycles. The summed E-state index contributed by atoms with van der Waals surface area (Å²) in [4.78, 5) is 11.2. The van der Waals surface area contributed by atoms with Gasteiger partial charge in [-0.05, 0) is 44.2 Å². The van der Waals surface area contributed by atoms with Crippen LogP contribution < -0.4 is 9.47 Å². The Morgan fingerprint density at radius 1 is 1.30 bits per heavy atom. The molecule has 0 heterocycles. The molecule has 1 aromatic rings. The maximum absolute atomic E-state index is 11.2. The van der Waals surface area contributed by atoms with E-state index in [9.17, 15) is 9.90 Å². The first-order valence-corrected chi connectivity index (χ1v) is 6.40. The van der Waals surface area contributed by atoms with E-state index in [0.717, 1.165) is 0 Å². The van der Waals surface area contributed by atoms with Gasteiger partial charge in [-0.2, -0.15) is 0 Å². The van der Waals surface area contributed by atoms with Crippen LogP contribution in [0.5, 0.6) is 11.5 Å². The molecule has 0 bridgehead atoms. The van der Waals surface area contributed by atoms with Crippen molar-refractivity contribution in [3.8, 4) is 11.5 Å². The molecule has 0 saturated heterocycles. The van der Waals surface area contributed by atoms with E-state index in [0.29, 0.717) is 18.1 Å². The lowest BCUT2D eigenvalue weighted by Crippen LogP contribution is -2.27. The first-order valence-electron chi connectivity index (χ1n) is 6.40. The van der Waals surface area contributed by atoms with Crippen LogP contribution in [0.25, 0.3) is 0 Å². The van der Waals surface area contributed by atoms with Gasteiger partial charge in [0.15, 0.2) is 0 Å². The number of hydrogen-bond donors (Lipinski definition) is 1. The number of ether oxygens (including phenoxy) is 3. The fraction of sp³-hybridized carbons (Fsp3) is 0.400. The van der Waals surface area contributed by atoms with E-state index in [-0.39, 0.29) is 0 Å². The van der Waals surface area contributed by atoms with Crippen LogP contribution in [0, 0.1) is 0 Å². The van der Waals surface area contributed by atoms with E-state index in [2.05, 4.69) is 0 Å². The van der Waals surface area contributed by atoms with Gasteiger partial charge >= 0.3 is 5.97 Å². The van der Waals surface area contributed by atoms with Crippen LogP contribution >= 0.6 is 0 Å². The van der Waals surface area contributed by atoms with Gasteiger partial charge in [-0.1, -0.05) is 0 Å². The van der Waals surface area contributed by atoms with Crippen LogP contribution in [0.2, 0.25) is 0 Å². The Kier molecular flexibility index (Phi) is 6.59. The molecule has 0 aliphatic carbocycles. The summed E-state index contributed by atoms with van der Waals surface area (Å²) in [6.45, 7) is 3.62. The second-order valence-corrected chi connectivity index (χ2v) is 4.11. The second kappa shape index (κ2) is 8.22. The highest BCUT2D eigenvalue weighted by Crippen LogP contribution is 2.19. The molecule has 0 saturated carbocycles. The summed E-state index contributed by atoms with van der Waals surface area (Å²) in [6.07, 6.45) is 1.34. The van der Waals surface area contributed by atoms with Crippen molar-refractivity contribution in [2.75, 3.05) is 13.7 Å². The minimum Gasteiger partial charge on any atom is -0.497 e. The smallest absolute Gasteiger partial charge is 0.330 e. The number of carbonyl (C=O) groups excluding carboxylic acids is 1. The van der Waals surface area contributed by atoms with Crippen molar-refractivity contribution in [2.24, 2.45) is 0 Å². The maximum Gasteiger partial charge on any atom is 0.330 e. The zero-order valence-electron chi connectivity index (χ0n) is 11.9. The van der Waals surface area contributed by atoms with Crippen molar-refractivity contribution in [1.29, 1.82) is 0 Å². The molecule has 2 atom stereocenters. The van der Waals surface area contributed by atoms with Crippen LogP contribution in [-0.4, -0.2) is 37.0 Å². The van der Waals surface area contributed by atoms with E-state index < -0.39 is 18.2 Å². The fourth-order valence-corrected chi connectivity index (χ4v) is 1.47. The van der Waals surface area contributed by atoms with Crippen LogP contribution in [0.1, 0.15) is 13.8 Å². The SMILES string of the molecule is CCOC(=O)/C=C/[C@@H](Oc1ccc(OC)cc1)[C@@H](C)O. The first-order chi connectivity index (χ1) is 9.56. The molecule has 0 aromatic heterocycles. The topological polar surface area (TPSA) is 65.0 Å². The van der Waals surface area contributed by atoms with E-state index >= 15 is 0 Å². The predicted molar refractivity (Wildman–Crippen MR) is 74.9 cm³/mol. The zero-order valence-corrected chi connectivity index (χ0v) is 11.9. The molecule has 110 valence electrons. The van der Waals surface area contributed by atoms with Crippen molar-refractivity contribution in [3.05, 3.63) is 36.4 Å². The van der Waals surface area contributed by atoms with E-state index in [1.165, 1.54) is 12.2 Å². The minimum absolute atomic E-state index is 0.307. The maximum atomic E-state index is 11.2. The Morgan fingerprint density at radius 3 is 2.40 bits per heavy atom. The summed E-state index contributed by atoms with van der Waals surface area (Å²) in [5.74, 6) is 0.828. The molecule has 0 fully saturated rings. The van der Waals surface area contributed by atoms with E-state index in [1.54, 1.807) is 45.2 Å². The van der Waals surface area contributed by atoms with Gasteiger partial charge in [0, 0.05) is 6.08 Å². The number of rotatable bonds is 7. The predicted octanol–water partition coefficient (Wildman–Crippen LogP) is 1.94. The molecule has 5 nitrogen and oxygen atoms in total. The zero-order chi connectivity index (χ0) is 15.0. The average Bonchev–Trinajstić information content (AvgIpc) is 2.44. The number of hydrogen-bond acceptors (Lipinski definition) is 5. The second-order valence-electron chi connectivity index (χ2n) is 4.11. The van der Waals surface area contributed by atoms with Crippen molar-refractivity contribution >= 4 is 5.97 Å². The van der Waals surface area contributed by atoms with Gasteiger partial charge in [0.1, 0.15) is 17.6 Å². The highest BCUT2D eigenvalue weighted by molar-refractivity contribution is 5.81. The first kappa shape index (κ1) is 16.0. The quantitative estimate of drug-likeness (QED) is 0.611. The molecule has 1 rings (SSSR count). The Bertz CT molecular complexity index is 436. The summed E-state index contributed by atoms with van der Waals surface area (Å²) >= 11 is 0. The molecule has 20 heavy (non-hydrogen) atoms. The molecule has 0 aliphatic rings. The lowest BCUT2D eigenvalue weighted by atomic mass is 10.2. The van der Waals surface area contributed by atoms with Crippen molar-refractivity contribution in [1.82, 2.24) is 0 Å². The van der Waals surface area contributed by atoms with Crippen molar-refractivity contribution < 1.29 is 24.1 Å². The lowest BCUT2D eigenvalue weighted by molar-refractivity contribution is -0.137. The Hall–Kier alpha value is -2.01. The molecule has 0 unspecified atom stereocenters. The fourth-order valence-electron chi connectivity index (χ4n) is 1.47. The number of benzene rings is 1. The molecule has 0 radical (unpaired) electrons.